The minimum atomic E-state index is -2.68. The summed E-state index contributed by atoms with van der Waals surface area (Å²) in [5.41, 5.74) is 5.90. The van der Waals surface area contributed by atoms with Crippen LogP contribution in [-0.2, 0) is 5.54 Å². The van der Waals surface area contributed by atoms with Gasteiger partial charge >= 0.3 is 0 Å². The predicted molar refractivity (Wildman–Crippen MR) is 128 cm³/mol. The number of nitrogens with one attached hydrogen (secondary N) is 1. The SMILES string of the molecule is C#C[C@H](C)c1cnc2c(Nc3cc(F)c(F)c([C@@]4(C)N=C(N)S[C@@]5(C(F)F)C[C@@H]45)c3)nccc2n1. The predicted octanol–water partition coefficient (Wildman–Crippen LogP) is 5.08. The van der Waals surface area contributed by atoms with Crippen LogP contribution in [0.15, 0.2) is 35.6 Å². The van der Waals surface area contributed by atoms with Crippen LogP contribution in [0.3, 0.4) is 0 Å². The second-order valence-corrected chi connectivity index (χ2v) is 10.2. The van der Waals surface area contributed by atoms with Crippen molar-refractivity contribution in [3.05, 3.63) is 53.5 Å². The number of anilines is 2. The van der Waals surface area contributed by atoms with Crippen molar-refractivity contribution >= 4 is 39.5 Å². The Hall–Kier alpha value is -3.39. The lowest BCUT2D eigenvalue weighted by atomic mass is 9.85. The number of amidine groups is 1. The lowest BCUT2D eigenvalue weighted by Crippen LogP contribution is -2.39. The van der Waals surface area contributed by atoms with Crippen molar-refractivity contribution in [3.63, 3.8) is 0 Å². The summed E-state index contributed by atoms with van der Waals surface area (Å²) in [6.45, 7) is 3.33. The topological polar surface area (TPSA) is 89.1 Å². The van der Waals surface area contributed by atoms with E-state index in [1.54, 1.807) is 6.07 Å². The molecule has 0 saturated heterocycles. The number of terminal acetylenes is 1. The van der Waals surface area contributed by atoms with Gasteiger partial charge in [-0.3, -0.25) is 4.99 Å². The van der Waals surface area contributed by atoms with Gasteiger partial charge in [-0.15, -0.1) is 6.42 Å². The van der Waals surface area contributed by atoms with E-state index >= 15 is 4.39 Å². The second kappa shape index (κ2) is 8.09. The normalized spacial score (nSPS) is 26.1. The van der Waals surface area contributed by atoms with Gasteiger partial charge < -0.3 is 11.1 Å². The smallest absolute Gasteiger partial charge is 0.253 e. The van der Waals surface area contributed by atoms with Crippen LogP contribution >= 0.6 is 11.8 Å². The third-order valence-corrected chi connectivity index (χ3v) is 7.96. The van der Waals surface area contributed by atoms with E-state index in [1.807, 2.05) is 6.92 Å². The molecule has 3 aromatic rings. The highest BCUT2D eigenvalue weighted by Gasteiger charge is 2.71. The Kier molecular flexibility index (Phi) is 5.40. The molecule has 0 radical (unpaired) electrons. The first-order valence-electron chi connectivity index (χ1n) is 10.8. The molecule has 0 spiro atoms. The van der Waals surface area contributed by atoms with Gasteiger partial charge in [0.1, 0.15) is 5.52 Å². The van der Waals surface area contributed by atoms with Gasteiger partial charge in [-0.1, -0.05) is 17.7 Å². The molecule has 1 saturated carbocycles. The Morgan fingerprint density at radius 3 is 2.77 bits per heavy atom. The number of rotatable bonds is 5. The Morgan fingerprint density at radius 1 is 1.29 bits per heavy atom. The average Bonchev–Trinajstić information content (AvgIpc) is 3.57. The summed E-state index contributed by atoms with van der Waals surface area (Å²) < 4.78 is 56.0. The van der Waals surface area contributed by atoms with E-state index in [2.05, 4.69) is 31.2 Å². The summed E-state index contributed by atoms with van der Waals surface area (Å²) in [4.78, 5) is 17.5. The first-order valence-corrected chi connectivity index (χ1v) is 11.6. The Morgan fingerprint density at radius 2 is 2.06 bits per heavy atom. The molecule has 35 heavy (non-hydrogen) atoms. The molecule has 11 heteroatoms. The van der Waals surface area contributed by atoms with Crippen molar-refractivity contribution in [2.75, 3.05) is 5.32 Å². The number of thioether (sulfide) groups is 1. The highest BCUT2D eigenvalue weighted by Crippen LogP contribution is 2.68. The van der Waals surface area contributed by atoms with E-state index < -0.39 is 34.3 Å². The van der Waals surface area contributed by atoms with Crippen LogP contribution in [-0.4, -0.2) is 31.3 Å². The average molecular weight is 501 g/mol. The first kappa shape index (κ1) is 23.4. The van der Waals surface area contributed by atoms with Crippen molar-refractivity contribution in [1.82, 2.24) is 15.0 Å². The molecule has 3 N–H and O–H groups in total. The summed E-state index contributed by atoms with van der Waals surface area (Å²) in [6.07, 6.45) is 5.91. The number of hydrogen-bond donors (Lipinski definition) is 2. The molecular formula is C24H20F4N6S. The van der Waals surface area contributed by atoms with Crippen LogP contribution in [0.25, 0.3) is 11.0 Å². The third-order valence-electron chi connectivity index (χ3n) is 6.65. The van der Waals surface area contributed by atoms with Crippen LogP contribution in [0.5, 0.6) is 0 Å². The lowest BCUT2D eigenvalue weighted by molar-refractivity contribution is 0.123. The fourth-order valence-corrected chi connectivity index (χ4v) is 5.95. The summed E-state index contributed by atoms with van der Waals surface area (Å²) in [5, 5.41) is 2.87. The Labute approximate surface area is 202 Å². The number of hydrogen-bond acceptors (Lipinski definition) is 7. The minimum Gasteiger partial charge on any atom is -0.378 e. The molecule has 180 valence electrons. The van der Waals surface area contributed by atoms with Gasteiger partial charge in [0, 0.05) is 29.4 Å². The van der Waals surface area contributed by atoms with Crippen molar-refractivity contribution < 1.29 is 17.6 Å². The largest absolute Gasteiger partial charge is 0.378 e. The standard InChI is InChI=1S/C24H20F4N6S/c1-4-11(2)16-10-31-19-15(33-16)5-6-30-20(19)32-12-7-13(18(26)14(25)8-12)23(3)17-9-24(17,21(27)28)35-22(29)34-23/h1,5-8,10-11,17,21H,9H2,2-3H3,(H2,29,34)(H,30,32)/t11-,17-,23+,24-/m0/s1. The number of fused-ring (bicyclic) bond motifs is 2. The molecule has 1 fully saturated rings. The number of nitrogens with zero attached hydrogens (tertiary/aromatic N) is 4. The summed E-state index contributed by atoms with van der Waals surface area (Å²) in [7, 11) is 0. The van der Waals surface area contributed by atoms with E-state index in [9.17, 15) is 13.2 Å². The molecule has 1 aliphatic carbocycles. The van der Waals surface area contributed by atoms with Gasteiger partial charge in [0.25, 0.3) is 6.43 Å². The van der Waals surface area contributed by atoms with Crippen LogP contribution in [0.1, 0.15) is 37.4 Å². The number of aromatic nitrogens is 3. The van der Waals surface area contributed by atoms with E-state index in [-0.39, 0.29) is 34.6 Å². The number of benzene rings is 1. The summed E-state index contributed by atoms with van der Waals surface area (Å²) in [5.74, 6) is -0.401. The fraction of sp³-hybridized carbons (Fsp3) is 0.333. The lowest BCUT2D eigenvalue weighted by Gasteiger charge is -2.34. The summed E-state index contributed by atoms with van der Waals surface area (Å²) >= 11 is 0.799. The molecule has 2 aliphatic rings. The third kappa shape index (κ3) is 3.67. The molecule has 3 heterocycles. The molecule has 5 rings (SSSR count). The molecule has 0 bridgehead atoms. The van der Waals surface area contributed by atoms with Gasteiger partial charge in [0.2, 0.25) is 0 Å². The highest BCUT2D eigenvalue weighted by atomic mass is 32.2. The van der Waals surface area contributed by atoms with Gasteiger partial charge in [-0.05, 0) is 32.4 Å². The maximum atomic E-state index is 15.0. The van der Waals surface area contributed by atoms with E-state index in [4.69, 9.17) is 12.2 Å². The van der Waals surface area contributed by atoms with Gasteiger partial charge in [0.05, 0.1) is 33.6 Å². The zero-order valence-corrected chi connectivity index (χ0v) is 19.5. The van der Waals surface area contributed by atoms with E-state index in [0.29, 0.717) is 16.7 Å². The van der Waals surface area contributed by atoms with Crippen LogP contribution in [0, 0.1) is 29.9 Å². The van der Waals surface area contributed by atoms with Crippen molar-refractivity contribution in [2.24, 2.45) is 16.6 Å². The van der Waals surface area contributed by atoms with Crippen LogP contribution in [0.4, 0.5) is 29.1 Å². The van der Waals surface area contributed by atoms with Crippen LogP contribution < -0.4 is 11.1 Å². The minimum absolute atomic E-state index is 0.0808. The first-order chi connectivity index (χ1) is 16.6. The van der Waals surface area contributed by atoms with Gasteiger partial charge in [0.15, 0.2) is 22.6 Å². The van der Waals surface area contributed by atoms with E-state index in [1.165, 1.54) is 25.4 Å². The molecule has 0 amide bonds. The molecule has 0 unspecified atom stereocenters. The number of halogens is 4. The second-order valence-electron chi connectivity index (χ2n) is 8.87. The molecule has 1 aromatic carbocycles. The maximum Gasteiger partial charge on any atom is 0.253 e. The van der Waals surface area contributed by atoms with Gasteiger partial charge in [-0.2, -0.15) is 0 Å². The fourth-order valence-electron chi connectivity index (χ4n) is 4.62. The number of nitrogens with two attached hydrogens (primary N) is 1. The number of pyridine rings is 1. The van der Waals surface area contributed by atoms with E-state index in [0.717, 1.165) is 17.8 Å². The zero-order chi connectivity index (χ0) is 25.1. The summed E-state index contributed by atoms with van der Waals surface area (Å²) in [6, 6.07) is 3.97. The molecular weight excluding hydrogens is 480 g/mol. The van der Waals surface area contributed by atoms with Crippen molar-refractivity contribution in [2.45, 2.75) is 42.9 Å². The maximum absolute atomic E-state index is 15.0. The number of alkyl halides is 2. The zero-order valence-electron chi connectivity index (χ0n) is 18.7. The molecule has 6 nitrogen and oxygen atoms in total. The molecule has 1 aliphatic heterocycles. The highest BCUT2D eigenvalue weighted by molar-refractivity contribution is 8.15. The van der Waals surface area contributed by atoms with Crippen molar-refractivity contribution in [3.8, 4) is 12.3 Å². The van der Waals surface area contributed by atoms with Gasteiger partial charge in [-0.25, -0.2) is 32.5 Å². The Balaban J connectivity index is 1.56. The number of aliphatic imine (C=N–C) groups is 1. The monoisotopic (exact) mass is 500 g/mol. The van der Waals surface area contributed by atoms with Crippen LogP contribution in [0.2, 0.25) is 0 Å². The molecule has 2 aromatic heterocycles. The Bertz CT molecular complexity index is 1420. The quantitative estimate of drug-likeness (QED) is 0.375. The molecule has 4 atom stereocenters. The van der Waals surface area contributed by atoms with Crippen molar-refractivity contribution in [1.29, 1.82) is 0 Å².